The first-order chi connectivity index (χ1) is 17.2. The van der Waals surface area contributed by atoms with Crippen LogP contribution in [-0.4, -0.2) is 52.1 Å². The Hall–Kier alpha value is -2.77. The number of nitrogens with zero attached hydrogens (tertiary/aromatic N) is 1. The highest BCUT2D eigenvalue weighted by molar-refractivity contribution is 5.92. The number of aromatic hydroxyl groups is 1. The summed E-state index contributed by atoms with van der Waals surface area (Å²) in [5.74, 6) is -0.511. The zero-order chi connectivity index (χ0) is 28.3. The van der Waals surface area contributed by atoms with Gasteiger partial charge in [0.2, 0.25) is 11.8 Å². The van der Waals surface area contributed by atoms with Gasteiger partial charge in [-0.1, -0.05) is 53.2 Å². The Kier molecular flexibility index (Phi) is 12.9. The summed E-state index contributed by atoms with van der Waals surface area (Å²) in [6, 6.07) is 4.28. The molecule has 3 amide bonds. The molecule has 0 saturated heterocycles. The first-order valence-corrected chi connectivity index (χ1v) is 13.6. The van der Waals surface area contributed by atoms with Gasteiger partial charge in [0.25, 0.3) is 0 Å². The fourth-order valence-electron chi connectivity index (χ4n) is 4.04. The molecule has 0 heterocycles. The van der Waals surface area contributed by atoms with Crippen LogP contribution in [0.5, 0.6) is 5.75 Å². The van der Waals surface area contributed by atoms with Gasteiger partial charge in [-0.3, -0.25) is 9.59 Å². The molecule has 0 bridgehead atoms. The number of unbranched alkanes of at least 4 members (excludes halogenated alkanes) is 1. The molecule has 3 unspecified atom stereocenters. The van der Waals surface area contributed by atoms with Crippen molar-refractivity contribution < 1.29 is 24.2 Å². The van der Waals surface area contributed by atoms with Gasteiger partial charge in [-0.25, -0.2) is 4.79 Å². The summed E-state index contributed by atoms with van der Waals surface area (Å²) < 4.78 is 5.43. The lowest BCUT2D eigenvalue weighted by atomic mass is 9.95. The van der Waals surface area contributed by atoms with Crippen molar-refractivity contribution in [1.29, 1.82) is 0 Å². The standard InChI is InChI=1S/C29H49N3O5/c1-10-11-17-30-26(34)25(22-13-12-14-23(33)18-22)32(21(6)16-15-19(2)3)27(35)24(20(4)5)31-28(36)37-29(7,8)9/h12-14,18-21,24-25,33H,10-11,15-17H2,1-9H3,(H,30,34)(H,31,36). The third kappa shape index (κ3) is 11.0. The quantitative estimate of drug-likeness (QED) is 0.296. The van der Waals surface area contributed by atoms with Gasteiger partial charge in [-0.2, -0.15) is 0 Å². The lowest BCUT2D eigenvalue weighted by Gasteiger charge is -2.39. The van der Waals surface area contributed by atoms with Crippen LogP contribution in [-0.2, 0) is 14.3 Å². The van der Waals surface area contributed by atoms with E-state index in [-0.39, 0.29) is 29.5 Å². The van der Waals surface area contributed by atoms with E-state index in [4.69, 9.17) is 4.74 Å². The molecule has 3 atom stereocenters. The molecule has 0 spiro atoms. The maximum Gasteiger partial charge on any atom is 0.408 e. The number of amides is 3. The van der Waals surface area contributed by atoms with Gasteiger partial charge in [0, 0.05) is 12.6 Å². The van der Waals surface area contributed by atoms with Crippen LogP contribution in [0.1, 0.15) is 99.6 Å². The topological polar surface area (TPSA) is 108 Å². The third-order valence-corrected chi connectivity index (χ3v) is 6.04. The summed E-state index contributed by atoms with van der Waals surface area (Å²) in [7, 11) is 0. The number of phenols is 1. The smallest absolute Gasteiger partial charge is 0.408 e. The lowest BCUT2D eigenvalue weighted by Crippen LogP contribution is -2.57. The highest BCUT2D eigenvalue weighted by Crippen LogP contribution is 2.30. The normalized spacial score (nSPS) is 14.1. The number of nitrogens with one attached hydrogen (secondary N) is 2. The van der Waals surface area contributed by atoms with E-state index in [9.17, 15) is 19.5 Å². The SMILES string of the molecule is CCCCNC(=O)C(c1cccc(O)c1)N(C(=O)C(NC(=O)OC(C)(C)C)C(C)C)C(C)CCC(C)C. The molecule has 0 radical (unpaired) electrons. The Morgan fingerprint density at radius 2 is 1.70 bits per heavy atom. The summed E-state index contributed by atoms with van der Waals surface area (Å²) in [5.41, 5.74) is -0.208. The number of hydrogen-bond acceptors (Lipinski definition) is 5. The molecular weight excluding hydrogens is 470 g/mol. The van der Waals surface area contributed by atoms with Gasteiger partial charge in [0.15, 0.2) is 0 Å². The van der Waals surface area contributed by atoms with E-state index < -0.39 is 23.8 Å². The highest BCUT2D eigenvalue weighted by atomic mass is 16.6. The monoisotopic (exact) mass is 519 g/mol. The van der Waals surface area contributed by atoms with E-state index in [1.807, 2.05) is 27.7 Å². The van der Waals surface area contributed by atoms with Crippen molar-refractivity contribution in [2.24, 2.45) is 11.8 Å². The Morgan fingerprint density at radius 1 is 1.05 bits per heavy atom. The molecule has 8 nitrogen and oxygen atoms in total. The summed E-state index contributed by atoms with van der Waals surface area (Å²) in [5, 5.41) is 15.9. The third-order valence-electron chi connectivity index (χ3n) is 6.04. The predicted octanol–water partition coefficient (Wildman–Crippen LogP) is 5.55. The molecule has 0 aromatic heterocycles. The minimum atomic E-state index is -0.972. The maximum atomic E-state index is 14.2. The van der Waals surface area contributed by atoms with Crippen LogP contribution in [0, 0.1) is 11.8 Å². The Bertz CT molecular complexity index is 879. The van der Waals surface area contributed by atoms with Crippen molar-refractivity contribution in [3.63, 3.8) is 0 Å². The number of hydrogen-bond donors (Lipinski definition) is 3. The van der Waals surface area contributed by atoms with Crippen LogP contribution in [0.15, 0.2) is 24.3 Å². The van der Waals surface area contributed by atoms with Crippen molar-refractivity contribution in [3.05, 3.63) is 29.8 Å². The van der Waals surface area contributed by atoms with Gasteiger partial charge in [0.1, 0.15) is 23.4 Å². The Morgan fingerprint density at radius 3 is 2.22 bits per heavy atom. The van der Waals surface area contributed by atoms with Crippen LogP contribution >= 0.6 is 0 Å². The largest absolute Gasteiger partial charge is 0.508 e. The first-order valence-electron chi connectivity index (χ1n) is 13.6. The fourth-order valence-corrected chi connectivity index (χ4v) is 4.04. The number of phenolic OH excluding ortho intramolecular Hbond substituents is 1. The average Bonchev–Trinajstić information content (AvgIpc) is 2.77. The number of rotatable bonds is 13. The number of ether oxygens (including phenoxy) is 1. The fraction of sp³-hybridized carbons (Fsp3) is 0.690. The second kappa shape index (κ2) is 14.8. The molecule has 0 fully saturated rings. The molecule has 3 N–H and O–H groups in total. The van der Waals surface area contributed by atoms with Gasteiger partial charge in [0.05, 0.1) is 0 Å². The zero-order valence-electron chi connectivity index (χ0n) is 24.3. The summed E-state index contributed by atoms with van der Waals surface area (Å²) >= 11 is 0. The van der Waals surface area contributed by atoms with Crippen molar-refractivity contribution >= 4 is 17.9 Å². The van der Waals surface area contributed by atoms with Gasteiger partial charge in [-0.05, 0) is 76.5 Å². The second-order valence-electron chi connectivity index (χ2n) is 11.6. The average molecular weight is 520 g/mol. The van der Waals surface area contributed by atoms with Crippen LogP contribution in [0.4, 0.5) is 4.79 Å². The molecule has 1 rings (SSSR count). The molecular formula is C29H49N3O5. The molecule has 210 valence electrons. The van der Waals surface area contributed by atoms with Crippen molar-refractivity contribution in [3.8, 4) is 5.75 Å². The molecule has 0 saturated carbocycles. The Labute approximate surface area is 223 Å². The summed E-state index contributed by atoms with van der Waals surface area (Å²) in [6.45, 7) is 17.7. The molecule has 1 aromatic carbocycles. The van der Waals surface area contributed by atoms with Crippen molar-refractivity contribution in [2.75, 3.05) is 6.54 Å². The van der Waals surface area contributed by atoms with Crippen LogP contribution < -0.4 is 10.6 Å². The lowest BCUT2D eigenvalue weighted by molar-refractivity contribution is -0.146. The number of benzene rings is 1. The molecule has 0 aliphatic carbocycles. The molecule has 1 aromatic rings. The minimum absolute atomic E-state index is 0.0124. The molecule has 8 heteroatoms. The van der Waals surface area contributed by atoms with Gasteiger partial charge in [-0.15, -0.1) is 0 Å². The van der Waals surface area contributed by atoms with E-state index in [0.29, 0.717) is 24.4 Å². The van der Waals surface area contributed by atoms with E-state index in [2.05, 4.69) is 24.5 Å². The second-order valence-corrected chi connectivity index (χ2v) is 11.6. The predicted molar refractivity (Wildman–Crippen MR) is 147 cm³/mol. The van der Waals surface area contributed by atoms with E-state index in [0.717, 1.165) is 19.3 Å². The van der Waals surface area contributed by atoms with Crippen molar-refractivity contribution in [2.45, 2.75) is 112 Å². The van der Waals surface area contributed by atoms with Crippen LogP contribution in [0.25, 0.3) is 0 Å². The minimum Gasteiger partial charge on any atom is -0.508 e. The van der Waals surface area contributed by atoms with E-state index in [1.54, 1.807) is 37.8 Å². The van der Waals surface area contributed by atoms with Crippen LogP contribution in [0.3, 0.4) is 0 Å². The zero-order valence-corrected chi connectivity index (χ0v) is 24.3. The summed E-state index contributed by atoms with van der Waals surface area (Å²) in [6.07, 6.45) is 2.58. The highest BCUT2D eigenvalue weighted by Gasteiger charge is 2.39. The molecule has 37 heavy (non-hydrogen) atoms. The first kappa shape index (κ1) is 32.3. The number of carbonyl (C=O) groups is 3. The molecule has 0 aliphatic rings. The maximum absolute atomic E-state index is 14.2. The van der Waals surface area contributed by atoms with Crippen LogP contribution in [0.2, 0.25) is 0 Å². The van der Waals surface area contributed by atoms with Gasteiger partial charge >= 0.3 is 6.09 Å². The number of alkyl carbamates (subject to hydrolysis) is 1. The molecule has 0 aliphatic heterocycles. The van der Waals surface area contributed by atoms with Gasteiger partial charge < -0.3 is 25.4 Å². The van der Waals surface area contributed by atoms with E-state index in [1.165, 1.54) is 12.1 Å². The van der Waals surface area contributed by atoms with Crippen molar-refractivity contribution in [1.82, 2.24) is 15.5 Å². The Balaban J connectivity index is 3.55. The number of carbonyl (C=O) groups excluding carboxylic acids is 3. The van der Waals surface area contributed by atoms with E-state index >= 15 is 0 Å². The summed E-state index contributed by atoms with van der Waals surface area (Å²) in [4.78, 5) is 42.1.